The molecule has 2 aliphatic rings. The van der Waals surface area contributed by atoms with Crippen molar-refractivity contribution >= 4 is 17.7 Å². The second-order valence-electron chi connectivity index (χ2n) is 6.66. The molecule has 0 amide bonds. The molecule has 136 valence electrons. The predicted octanol–water partition coefficient (Wildman–Crippen LogP) is 1.29. The van der Waals surface area contributed by atoms with Crippen molar-refractivity contribution in [3.05, 3.63) is 0 Å². The zero-order chi connectivity index (χ0) is 17.4. The second kappa shape index (κ2) is 9.58. The largest absolute Gasteiger partial charge is 0.481 e. The van der Waals surface area contributed by atoms with Gasteiger partial charge in [0.15, 0.2) is 0 Å². The van der Waals surface area contributed by atoms with E-state index in [2.05, 4.69) is 21.4 Å². The number of nitrogens with zero attached hydrogens (tertiary/aromatic N) is 1. The van der Waals surface area contributed by atoms with E-state index in [0.717, 1.165) is 13.0 Å². The van der Waals surface area contributed by atoms with Gasteiger partial charge in [-0.15, -0.1) is 0 Å². The summed E-state index contributed by atoms with van der Waals surface area (Å²) in [5.74, 6) is -0.766. The van der Waals surface area contributed by atoms with Gasteiger partial charge in [0.05, 0.1) is 0 Å². The van der Waals surface area contributed by atoms with Crippen LogP contribution < -0.4 is 16.3 Å². The minimum absolute atomic E-state index is 0.0505. The molecule has 1 heterocycles. The van der Waals surface area contributed by atoms with Gasteiger partial charge in [0, 0.05) is 13.0 Å². The van der Waals surface area contributed by atoms with Crippen molar-refractivity contribution in [1.82, 2.24) is 16.3 Å². The molecule has 0 spiro atoms. The number of hydrogen-bond acceptors (Lipinski definition) is 6. The van der Waals surface area contributed by atoms with Crippen molar-refractivity contribution in [1.29, 1.82) is 0 Å². The third-order valence-electron chi connectivity index (χ3n) is 4.91. The first-order valence-electron chi connectivity index (χ1n) is 8.83. The lowest BCUT2D eigenvalue weighted by atomic mass is 9.77. The minimum Gasteiger partial charge on any atom is -0.481 e. The fraction of sp³-hybridized carbons (Fsp3) is 0.812. The molecule has 2 rings (SSSR count). The number of unbranched alkanes of at least 4 members (excludes halogenated alkanes) is 2. The zero-order valence-electron chi connectivity index (χ0n) is 14.0. The standard InChI is InChI=1S/C16H28N4O4/c21-14(22)9-3-1-2-8-13(16(23)24)18-20-15-12-7-5-4-6-11(12)10-17-19-15/h11-12,15,17,19-20H,1-10H2,(H,21,22)(H,23,24)/b18-13+. The summed E-state index contributed by atoms with van der Waals surface area (Å²) in [4.78, 5) is 21.8. The molecule has 3 unspecified atom stereocenters. The Kier molecular flexibility index (Phi) is 7.45. The monoisotopic (exact) mass is 340 g/mol. The molecule has 1 aliphatic heterocycles. The molecular formula is C16H28N4O4. The van der Waals surface area contributed by atoms with Crippen molar-refractivity contribution in [2.24, 2.45) is 16.9 Å². The molecule has 0 bridgehead atoms. The SMILES string of the molecule is O=C(O)CCCCC/C(=N\NC1NNCC2CCCCC21)C(=O)O. The van der Waals surface area contributed by atoms with Gasteiger partial charge in [0.25, 0.3) is 0 Å². The van der Waals surface area contributed by atoms with Gasteiger partial charge < -0.3 is 10.2 Å². The molecule has 0 aromatic heterocycles. The number of carboxylic acids is 2. The van der Waals surface area contributed by atoms with E-state index in [9.17, 15) is 14.7 Å². The Morgan fingerprint density at radius 2 is 1.83 bits per heavy atom. The highest BCUT2D eigenvalue weighted by Crippen LogP contribution is 2.32. The number of hydrazone groups is 1. The number of rotatable bonds is 9. The van der Waals surface area contributed by atoms with Gasteiger partial charge in [-0.3, -0.25) is 15.6 Å². The van der Waals surface area contributed by atoms with E-state index in [1.807, 2.05) is 0 Å². The van der Waals surface area contributed by atoms with Gasteiger partial charge in [0.2, 0.25) is 0 Å². The third kappa shape index (κ3) is 5.76. The third-order valence-corrected chi connectivity index (χ3v) is 4.91. The van der Waals surface area contributed by atoms with Crippen LogP contribution in [0.15, 0.2) is 5.10 Å². The molecule has 0 aromatic carbocycles. The van der Waals surface area contributed by atoms with Crippen molar-refractivity contribution in [2.45, 2.75) is 64.0 Å². The lowest BCUT2D eigenvalue weighted by Crippen LogP contribution is -2.61. The van der Waals surface area contributed by atoms with E-state index in [4.69, 9.17) is 5.11 Å². The van der Waals surface area contributed by atoms with Gasteiger partial charge in [0.1, 0.15) is 11.9 Å². The number of hydrogen-bond donors (Lipinski definition) is 5. The van der Waals surface area contributed by atoms with Crippen LogP contribution in [0.1, 0.15) is 57.8 Å². The molecule has 3 atom stereocenters. The number of nitrogens with one attached hydrogen (secondary N) is 3. The number of carbonyl (C=O) groups is 2. The maximum atomic E-state index is 11.3. The van der Waals surface area contributed by atoms with E-state index >= 15 is 0 Å². The molecule has 8 heteroatoms. The molecule has 1 aliphatic carbocycles. The van der Waals surface area contributed by atoms with Crippen molar-refractivity contribution in [3.8, 4) is 0 Å². The maximum absolute atomic E-state index is 11.3. The van der Waals surface area contributed by atoms with Crippen LogP contribution in [0, 0.1) is 11.8 Å². The molecule has 2 fully saturated rings. The van der Waals surface area contributed by atoms with Crippen molar-refractivity contribution in [2.75, 3.05) is 6.54 Å². The summed E-state index contributed by atoms with van der Waals surface area (Å²) in [5, 5.41) is 22.0. The molecule has 5 N–H and O–H groups in total. The van der Waals surface area contributed by atoms with E-state index in [1.54, 1.807) is 0 Å². The molecule has 0 aromatic rings. The number of fused-ring (bicyclic) bond motifs is 1. The zero-order valence-corrected chi connectivity index (χ0v) is 14.0. The normalized spacial score (nSPS) is 27.3. The van der Waals surface area contributed by atoms with Gasteiger partial charge in [-0.2, -0.15) is 5.10 Å². The summed E-state index contributed by atoms with van der Waals surface area (Å²) in [7, 11) is 0. The first-order chi connectivity index (χ1) is 11.6. The lowest BCUT2D eigenvalue weighted by Gasteiger charge is -2.41. The van der Waals surface area contributed by atoms with Gasteiger partial charge in [-0.05, 0) is 43.9 Å². The summed E-state index contributed by atoms with van der Waals surface area (Å²) in [5.41, 5.74) is 9.45. The molecule has 0 radical (unpaired) electrons. The highest BCUT2D eigenvalue weighted by Gasteiger charge is 2.34. The molecule has 1 saturated carbocycles. The van der Waals surface area contributed by atoms with Crippen LogP contribution >= 0.6 is 0 Å². The Hall–Kier alpha value is -1.67. The minimum atomic E-state index is -1.02. The van der Waals surface area contributed by atoms with Crippen molar-refractivity contribution < 1.29 is 19.8 Å². The van der Waals surface area contributed by atoms with E-state index < -0.39 is 11.9 Å². The Labute approximate surface area is 142 Å². The second-order valence-corrected chi connectivity index (χ2v) is 6.66. The Morgan fingerprint density at radius 3 is 2.58 bits per heavy atom. The van der Waals surface area contributed by atoms with E-state index in [0.29, 0.717) is 37.5 Å². The van der Waals surface area contributed by atoms with Crippen LogP contribution in [0.2, 0.25) is 0 Å². The average molecular weight is 340 g/mol. The average Bonchev–Trinajstić information content (AvgIpc) is 2.56. The Bertz CT molecular complexity index is 467. The lowest BCUT2D eigenvalue weighted by molar-refractivity contribution is -0.137. The van der Waals surface area contributed by atoms with Crippen LogP contribution in [-0.4, -0.2) is 40.6 Å². The number of aliphatic carboxylic acids is 2. The predicted molar refractivity (Wildman–Crippen MR) is 89.3 cm³/mol. The Balaban J connectivity index is 1.81. The number of hydrazine groups is 1. The highest BCUT2D eigenvalue weighted by molar-refractivity contribution is 6.35. The van der Waals surface area contributed by atoms with Crippen LogP contribution in [0.3, 0.4) is 0 Å². The molecule has 1 saturated heterocycles. The maximum Gasteiger partial charge on any atom is 0.352 e. The summed E-state index contributed by atoms with van der Waals surface area (Å²) in [6, 6.07) is 0. The smallest absolute Gasteiger partial charge is 0.352 e. The Morgan fingerprint density at radius 1 is 1.08 bits per heavy atom. The van der Waals surface area contributed by atoms with Gasteiger partial charge in [-0.1, -0.05) is 19.3 Å². The molecular weight excluding hydrogens is 312 g/mol. The van der Waals surface area contributed by atoms with E-state index in [-0.39, 0.29) is 18.3 Å². The summed E-state index contributed by atoms with van der Waals surface area (Å²) in [6.45, 7) is 0.946. The fourth-order valence-corrected chi connectivity index (χ4v) is 3.57. The summed E-state index contributed by atoms with van der Waals surface area (Å²) in [6.07, 6.45) is 7.10. The molecule has 8 nitrogen and oxygen atoms in total. The highest BCUT2D eigenvalue weighted by atomic mass is 16.4. The summed E-state index contributed by atoms with van der Waals surface area (Å²) >= 11 is 0. The topological polar surface area (TPSA) is 123 Å². The van der Waals surface area contributed by atoms with Gasteiger partial charge >= 0.3 is 11.9 Å². The van der Waals surface area contributed by atoms with Crippen LogP contribution in [0.25, 0.3) is 0 Å². The van der Waals surface area contributed by atoms with Crippen LogP contribution in [0.5, 0.6) is 0 Å². The fourth-order valence-electron chi connectivity index (χ4n) is 3.57. The summed E-state index contributed by atoms with van der Waals surface area (Å²) < 4.78 is 0. The first-order valence-corrected chi connectivity index (χ1v) is 8.83. The van der Waals surface area contributed by atoms with Crippen LogP contribution in [0.4, 0.5) is 0 Å². The first kappa shape index (κ1) is 18.7. The van der Waals surface area contributed by atoms with Gasteiger partial charge in [-0.25, -0.2) is 10.2 Å². The number of carboxylic acid groups (broad SMARTS) is 2. The van der Waals surface area contributed by atoms with E-state index in [1.165, 1.54) is 19.3 Å². The van der Waals surface area contributed by atoms with Crippen LogP contribution in [-0.2, 0) is 9.59 Å². The molecule has 24 heavy (non-hydrogen) atoms. The van der Waals surface area contributed by atoms with Crippen molar-refractivity contribution in [3.63, 3.8) is 0 Å². The quantitative estimate of drug-likeness (QED) is 0.243.